The number of ether oxygens (including phenoxy) is 1. The van der Waals surface area contributed by atoms with Crippen LogP contribution in [0.15, 0.2) is 0 Å². The van der Waals surface area contributed by atoms with Gasteiger partial charge in [-0.2, -0.15) is 0 Å². The Morgan fingerprint density at radius 3 is 2.17 bits per heavy atom. The van der Waals surface area contributed by atoms with Gasteiger partial charge in [-0.15, -0.1) is 0 Å². The third kappa shape index (κ3) is 6.62. The second kappa shape index (κ2) is 6.44. The zero-order chi connectivity index (χ0) is 9.56. The first-order valence-electron chi connectivity index (χ1n) is 4.84. The lowest BCUT2D eigenvalue weighted by atomic mass is 10.0. The molecule has 0 radical (unpaired) electrons. The molecular formula is C10H23NO. The van der Waals surface area contributed by atoms with Crippen LogP contribution in [0.25, 0.3) is 0 Å². The van der Waals surface area contributed by atoms with Crippen molar-refractivity contribution in [2.24, 2.45) is 11.7 Å². The van der Waals surface area contributed by atoms with Gasteiger partial charge >= 0.3 is 0 Å². The Balaban J connectivity index is 3.39. The van der Waals surface area contributed by atoms with Crippen molar-refractivity contribution in [2.45, 2.75) is 52.2 Å². The molecule has 2 atom stereocenters. The van der Waals surface area contributed by atoms with Crippen LogP contribution in [0.5, 0.6) is 0 Å². The van der Waals surface area contributed by atoms with Crippen molar-refractivity contribution in [2.75, 3.05) is 7.11 Å². The molecule has 0 aliphatic rings. The van der Waals surface area contributed by atoms with Gasteiger partial charge in [0.2, 0.25) is 0 Å². The van der Waals surface area contributed by atoms with Crippen LogP contribution in [0.4, 0.5) is 0 Å². The molecule has 0 heterocycles. The van der Waals surface area contributed by atoms with Crippen molar-refractivity contribution in [1.82, 2.24) is 0 Å². The quantitative estimate of drug-likeness (QED) is 0.668. The average molecular weight is 173 g/mol. The number of hydrogen-bond donors (Lipinski definition) is 1. The van der Waals surface area contributed by atoms with Crippen molar-refractivity contribution in [3.63, 3.8) is 0 Å². The lowest BCUT2D eigenvalue weighted by Gasteiger charge is -2.16. The van der Waals surface area contributed by atoms with Crippen LogP contribution in [-0.4, -0.2) is 19.3 Å². The van der Waals surface area contributed by atoms with E-state index in [2.05, 4.69) is 20.8 Å². The van der Waals surface area contributed by atoms with E-state index in [1.807, 2.05) is 0 Å². The molecule has 0 aromatic rings. The minimum Gasteiger partial charge on any atom is -0.382 e. The SMILES string of the molecule is COC(C)CC(N)CCC(C)C. The summed E-state index contributed by atoms with van der Waals surface area (Å²) in [5, 5.41) is 0. The summed E-state index contributed by atoms with van der Waals surface area (Å²) < 4.78 is 5.15. The molecule has 0 aliphatic heterocycles. The van der Waals surface area contributed by atoms with Crippen LogP contribution in [0.3, 0.4) is 0 Å². The summed E-state index contributed by atoms with van der Waals surface area (Å²) in [7, 11) is 1.74. The number of methoxy groups -OCH3 is 1. The molecule has 0 aromatic heterocycles. The monoisotopic (exact) mass is 173 g/mol. The van der Waals surface area contributed by atoms with Crippen LogP contribution in [0.1, 0.15) is 40.0 Å². The van der Waals surface area contributed by atoms with Crippen molar-refractivity contribution >= 4 is 0 Å². The van der Waals surface area contributed by atoms with Gasteiger partial charge in [-0.1, -0.05) is 13.8 Å². The molecule has 2 nitrogen and oxygen atoms in total. The van der Waals surface area contributed by atoms with Gasteiger partial charge in [-0.25, -0.2) is 0 Å². The highest BCUT2D eigenvalue weighted by Crippen LogP contribution is 2.09. The molecule has 0 saturated heterocycles. The summed E-state index contributed by atoms with van der Waals surface area (Å²) in [6.07, 6.45) is 3.61. The Hall–Kier alpha value is -0.0800. The molecule has 0 bridgehead atoms. The number of hydrogen-bond acceptors (Lipinski definition) is 2. The molecule has 2 heteroatoms. The fourth-order valence-electron chi connectivity index (χ4n) is 1.19. The Morgan fingerprint density at radius 2 is 1.75 bits per heavy atom. The van der Waals surface area contributed by atoms with Gasteiger partial charge in [-0.3, -0.25) is 0 Å². The van der Waals surface area contributed by atoms with E-state index in [9.17, 15) is 0 Å². The lowest BCUT2D eigenvalue weighted by molar-refractivity contribution is 0.103. The third-order valence-corrected chi connectivity index (χ3v) is 2.15. The third-order valence-electron chi connectivity index (χ3n) is 2.15. The number of nitrogens with two attached hydrogens (primary N) is 1. The van der Waals surface area contributed by atoms with E-state index in [0.29, 0.717) is 12.1 Å². The predicted molar refractivity (Wildman–Crippen MR) is 53.1 cm³/mol. The summed E-state index contributed by atoms with van der Waals surface area (Å²) in [5.74, 6) is 0.758. The van der Waals surface area contributed by atoms with Gasteiger partial charge in [0.25, 0.3) is 0 Å². The highest BCUT2D eigenvalue weighted by Gasteiger charge is 2.08. The van der Waals surface area contributed by atoms with Crippen LogP contribution in [0, 0.1) is 5.92 Å². The van der Waals surface area contributed by atoms with Gasteiger partial charge in [0.05, 0.1) is 6.10 Å². The summed E-state index contributed by atoms with van der Waals surface area (Å²) in [4.78, 5) is 0. The maximum absolute atomic E-state index is 5.92. The number of rotatable bonds is 6. The van der Waals surface area contributed by atoms with Crippen molar-refractivity contribution in [1.29, 1.82) is 0 Å². The first kappa shape index (κ1) is 11.9. The molecule has 12 heavy (non-hydrogen) atoms. The predicted octanol–water partition coefficient (Wildman–Crippen LogP) is 2.17. The van der Waals surface area contributed by atoms with E-state index in [4.69, 9.17) is 10.5 Å². The molecule has 0 fully saturated rings. The molecular weight excluding hydrogens is 150 g/mol. The average Bonchev–Trinajstić information content (AvgIpc) is 2.00. The van der Waals surface area contributed by atoms with E-state index >= 15 is 0 Å². The smallest absolute Gasteiger partial charge is 0.0558 e. The van der Waals surface area contributed by atoms with Gasteiger partial charge in [0, 0.05) is 13.2 Å². The molecule has 0 rings (SSSR count). The molecule has 0 aromatic carbocycles. The Labute approximate surface area is 76.5 Å². The molecule has 2 N–H and O–H groups in total. The van der Waals surface area contributed by atoms with Gasteiger partial charge in [0.15, 0.2) is 0 Å². The van der Waals surface area contributed by atoms with Crippen LogP contribution in [0.2, 0.25) is 0 Å². The molecule has 0 aliphatic carbocycles. The Kier molecular flexibility index (Phi) is 6.39. The lowest BCUT2D eigenvalue weighted by Crippen LogP contribution is -2.26. The fraction of sp³-hybridized carbons (Fsp3) is 1.00. The van der Waals surface area contributed by atoms with E-state index in [1.54, 1.807) is 7.11 Å². The second-order valence-corrected chi connectivity index (χ2v) is 4.01. The van der Waals surface area contributed by atoms with Crippen molar-refractivity contribution in [3.8, 4) is 0 Å². The molecule has 0 amide bonds. The van der Waals surface area contributed by atoms with Gasteiger partial charge < -0.3 is 10.5 Å². The molecule has 2 unspecified atom stereocenters. The summed E-state index contributed by atoms with van der Waals surface area (Å²) in [5.41, 5.74) is 5.92. The van der Waals surface area contributed by atoms with E-state index in [0.717, 1.165) is 18.8 Å². The van der Waals surface area contributed by atoms with Gasteiger partial charge in [0.1, 0.15) is 0 Å². The van der Waals surface area contributed by atoms with Crippen LogP contribution < -0.4 is 5.73 Å². The van der Waals surface area contributed by atoms with Gasteiger partial charge in [-0.05, 0) is 32.1 Å². The topological polar surface area (TPSA) is 35.2 Å². The summed E-state index contributed by atoms with van der Waals surface area (Å²) in [6.45, 7) is 6.52. The molecule has 0 saturated carbocycles. The van der Waals surface area contributed by atoms with Crippen LogP contribution >= 0.6 is 0 Å². The highest BCUT2D eigenvalue weighted by molar-refractivity contribution is 4.66. The maximum atomic E-state index is 5.92. The van der Waals surface area contributed by atoms with E-state index < -0.39 is 0 Å². The Morgan fingerprint density at radius 1 is 1.17 bits per heavy atom. The molecule has 0 spiro atoms. The summed E-state index contributed by atoms with van der Waals surface area (Å²) >= 11 is 0. The minimum absolute atomic E-state index is 0.298. The second-order valence-electron chi connectivity index (χ2n) is 4.01. The fourth-order valence-corrected chi connectivity index (χ4v) is 1.19. The largest absolute Gasteiger partial charge is 0.382 e. The van der Waals surface area contributed by atoms with Crippen molar-refractivity contribution < 1.29 is 4.74 Å². The van der Waals surface area contributed by atoms with E-state index in [-0.39, 0.29) is 0 Å². The first-order valence-corrected chi connectivity index (χ1v) is 4.84. The zero-order valence-electron chi connectivity index (χ0n) is 8.84. The minimum atomic E-state index is 0.298. The first-order chi connectivity index (χ1) is 5.56. The standard InChI is InChI=1S/C10H23NO/c1-8(2)5-6-10(11)7-9(3)12-4/h8-10H,5-7,11H2,1-4H3. The highest BCUT2D eigenvalue weighted by atomic mass is 16.5. The Bertz CT molecular complexity index is 104. The van der Waals surface area contributed by atoms with Crippen molar-refractivity contribution in [3.05, 3.63) is 0 Å². The zero-order valence-corrected chi connectivity index (χ0v) is 8.84. The van der Waals surface area contributed by atoms with E-state index in [1.165, 1.54) is 6.42 Å². The molecule has 74 valence electrons. The summed E-state index contributed by atoms with van der Waals surface area (Å²) in [6, 6.07) is 0.308. The maximum Gasteiger partial charge on any atom is 0.0558 e. The normalized spacial score (nSPS) is 16.5. The van der Waals surface area contributed by atoms with Crippen LogP contribution in [-0.2, 0) is 4.74 Å².